The maximum absolute atomic E-state index is 12.0. The quantitative estimate of drug-likeness (QED) is 0.680. The average molecular weight is 395 g/mol. The van der Waals surface area contributed by atoms with Gasteiger partial charge in [0.25, 0.3) is 0 Å². The van der Waals surface area contributed by atoms with E-state index in [1.54, 1.807) is 0 Å². The highest BCUT2D eigenvalue weighted by Crippen LogP contribution is 2.17. The first-order chi connectivity index (χ1) is 10.1. The summed E-state index contributed by atoms with van der Waals surface area (Å²) in [7, 11) is 1.91. The second-order valence-corrected chi connectivity index (χ2v) is 5.97. The van der Waals surface area contributed by atoms with Crippen LogP contribution in [0.2, 0.25) is 0 Å². The topological polar surface area (TPSA) is 53.2 Å². The predicted octanol–water partition coefficient (Wildman–Crippen LogP) is 4.22. The third kappa shape index (κ3) is 4.71. The molecule has 1 atom stereocenters. The molecule has 110 valence electrons. The Morgan fingerprint density at radius 2 is 1.71 bits per heavy atom. The number of hydrogen-bond acceptors (Lipinski definition) is 2. The molecule has 0 fully saturated rings. The summed E-state index contributed by atoms with van der Waals surface area (Å²) in [5.74, 6) is 0. The molecule has 0 aliphatic rings. The van der Waals surface area contributed by atoms with Gasteiger partial charge in [0.1, 0.15) is 0 Å². The molecule has 21 heavy (non-hydrogen) atoms. The summed E-state index contributed by atoms with van der Waals surface area (Å²) >= 11 is 2.23. The van der Waals surface area contributed by atoms with Crippen LogP contribution in [0, 0.1) is 3.57 Å². The van der Waals surface area contributed by atoms with Crippen molar-refractivity contribution in [1.82, 2.24) is 5.32 Å². The molecule has 0 radical (unpaired) electrons. The highest BCUT2D eigenvalue weighted by Gasteiger charge is 2.06. The smallest absolute Gasteiger partial charge is 0.313 e. The van der Waals surface area contributed by atoms with Crippen molar-refractivity contribution >= 4 is 40.0 Å². The number of nitrogens with one attached hydrogen (secondary N) is 3. The van der Waals surface area contributed by atoms with Crippen molar-refractivity contribution in [3.05, 3.63) is 57.7 Å². The van der Waals surface area contributed by atoms with Crippen molar-refractivity contribution in [2.45, 2.75) is 13.0 Å². The molecule has 3 N–H and O–H groups in total. The molecule has 2 aromatic rings. The van der Waals surface area contributed by atoms with Crippen LogP contribution in [-0.4, -0.2) is 13.1 Å². The number of rotatable bonds is 4. The number of carbonyl (C=O) groups is 1. The fraction of sp³-hybridized carbons (Fsp3) is 0.188. The summed E-state index contributed by atoms with van der Waals surface area (Å²) in [5.41, 5.74) is 2.68. The Bertz CT molecular complexity index is 613. The molecular weight excluding hydrogens is 377 g/mol. The highest BCUT2D eigenvalue weighted by molar-refractivity contribution is 14.1. The van der Waals surface area contributed by atoms with Gasteiger partial charge >= 0.3 is 6.03 Å². The van der Waals surface area contributed by atoms with Crippen LogP contribution in [0.25, 0.3) is 0 Å². The lowest BCUT2D eigenvalue weighted by Crippen LogP contribution is -2.20. The lowest BCUT2D eigenvalue weighted by molar-refractivity contribution is 0.262. The molecule has 0 saturated carbocycles. The SMILES string of the molecule is CNC(C)c1cccc(NC(=O)Nc2ccc(I)cc2)c1. The summed E-state index contributed by atoms with van der Waals surface area (Å²) in [5, 5.41) is 8.83. The van der Waals surface area contributed by atoms with E-state index in [-0.39, 0.29) is 12.1 Å². The van der Waals surface area contributed by atoms with Gasteiger partial charge in [-0.05, 0) is 78.5 Å². The van der Waals surface area contributed by atoms with E-state index < -0.39 is 0 Å². The van der Waals surface area contributed by atoms with Crippen molar-refractivity contribution in [1.29, 1.82) is 0 Å². The minimum absolute atomic E-state index is 0.242. The summed E-state index contributed by atoms with van der Waals surface area (Å²) in [6, 6.07) is 15.5. The molecule has 2 amide bonds. The molecule has 0 aliphatic carbocycles. The Morgan fingerprint density at radius 3 is 2.38 bits per heavy atom. The molecule has 0 saturated heterocycles. The molecule has 2 aromatic carbocycles. The third-order valence-electron chi connectivity index (χ3n) is 3.18. The number of benzene rings is 2. The van der Waals surface area contributed by atoms with Crippen LogP contribution in [0.4, 0.5) is 16.2 Å². The van der Waals surface area contributed by atoms with E-state index >= 15 is 0 Å². The third-order valence-corrected chi connectivity index (χ3v) is 3.90. The molecule has 0 bridgehead atoms. The molecule has 1 unspecified atom stereocenters. The van der Waals surface area contributed by atoms with E-state index in [2.05, 4.69) is 45.5 Å². The second kappa shape index (κ2) is 7.42. The van der Waals surface area contributed by atoms with Crippen LogP contribution >= 0.6 is 22.6 Å². The summed E-state index contributed by atoms with van der Waals surface area (Å²) in [4.78, 5) is 12.0. The number of carbonyl (C=O) groups excluding carboxylic acids is 1. The number of anilines is 2. The van der Waals surface area contributed by atoms with Crippen LogP contribution in [0.3, 0.4) is 0 Å². The fourth-order valence-corrected chi connectivity index (χ4v) is 2.24. The Balaban J connectivity index is 2.01. The fourth-order valence-electron chi connectivity index (χ4n) is 1.88. The number of halogens is 1. The van der Waals surface area contributed by atoms with Crippen molar-refractivity contribution in [2.75, 3.05) is 17.7 Å². The van der Waals surface area contributed by atoms with Gasteiger partial charge in [-0.1, -0.05) is 12.1 Å². The van der Waals surface area contributed by atoms with Gasteiger partial charge in [0.2, 0.25) is 0 Å². The van der Waals surface area contributed by atoms with Crippen molar-refractivity contribution in [2.24, 2.45) is 0 Å². The normalized spacial score (nSPS) is 11.8. The molecule has 0 aromatic heterocycles. The van der Waals surface area contributed by atoms with Gasteiger partial charge in [0.15, 0.2) is 0 Å². The van der Waals surface area contributed by atoms with Crippen molar-refractivity contribution in [3.8, 4) is 0 Å². The molecule has 0 heterocycles. The molecule has 4 nitrogen and oxygen atoms in total. The van der Waals surface area contributed by atoms with Crippen molar-refractivity contribution in [3.63, 3.8) is 0 Å². The van der Waals surface area contributed by atoms with Gasteiger partial charge in [-0.2, -0.15) is 0 Å². The molecule has 2 rings (SSSR count). The summed E-state index contributed by atoms with van der Waals surface area (Å²) in [6.07, 6.45) is 0. The summed E-state index contributed by atoms with van der Waals surface area (Å²) in [6.45, 7) is 2.07. The first-order valence-corrected chi connectivity index (χ1v) is 7.77. The lowest BCUT2D eigenvalue weighted by Gasteiger charge is -2.13. The minimum atomic E-state index is -0.245. The highest BCUT2D eigenvalue weighted by atomic mass is 127. The van der Waals surface area contributed by atoms with Gasteiger partial charge < -0.3 is 16.0 Å². The van der Waals surface area contributed by atoms with E-state index in [9.17, 15) is 4.79 Å². The van der Waals surface area contributed by atoms with Gasteiger partial charge in [-0.15, -0.1) is 0 Å². The molecular formula is C16H18IN3O. The van der Waals surface area contributed by atoms with Gasteiger partial charge in [0, 0.05) is 21.0 Å². The number of urea groups is 1. The molecule has 0 spiro atoms. The lowest BCUT2D eigenvalue weighted by atomic mass is 10.1. The zero-order valence-electron chi connectivity index (χ0n) is 12.0. The van der Waals surface area contributed by atoms with Gasteiger partial charge in [-0.25, -0.2) is 4.79 Å². The van der Waals surface area contributed by atoms with E-state index in [0.717, 1.165) is 20.5 Å². The van der Waals surface area contributed by atoms with Crippen LogP contribution in [0.1, 0.15) is 18.5 Å². The Kier molecular flexibility index (Phi) is 5.58. The van der Waals surface area contributed by atoms with Crippen molar-refractivity contribution < 1.29 is 4.79 Å². The Hall–Kier alpha value is -1.60. The first kappa shape index (κ1) is 15.8. The Labute approximate surface area is 138 Å². The maximum Gasteiger partial charge on any atom is 0.323 e. The first-order valence-electron chi connectivity index (χ1n) is 6.69. The molecule has 5 heteroatoms. The van der Waals surface area contributed by atoms with Gasteiger partial charge in [0.05, 0.1) is 0 Å². The van der Waals surface area contributed by atoms with Gasteiger partial charge in [-0.3, -0.25) is 0 Å². The second-order valence-electron chi connectivity index (χ2n) is 4.72. The largest absolute Gasteiger partial charge is 0.323 e. The van der Waals surface area contributed by atoms with E-state index in [0.29, 0.717) is 0 Å². The monoisotopic (exact) mass is 395 g/mol. The van der Waals surface area contributed by atoms with Crippen LogP contribution in [-0.2, 0) is 0 Å². The summed E-state index contributed by atoms with van der Waals surface area (Å²) < 4.78 is 1.13. The van der Waals surface area contributed by atoms with E-state index in [1.165, 1.54) is 0 Å². The average Bonchev–Trinajstić information content (AvgIpc) is 2.49. The van der Waals surface area contributed by atoms with E-state index in [1.807, 2.05) is 55.6 Å². The van der Waals surface area contributed by atoms with Crippen LogP contribution < -0.4 is 16.0 Å². The number of hydrogen-bond donors (Lipinski definition) is 3. The van der Waals surface area contributed by atoms with Crippen LogP contribution in [0.15, 0.2) is 48.5 Å². The number of amides is 2. The zero-order chi connectivity index (χ0) is 15.2. The zero-order valence-corrected chi connectivity index (χ0v) is 14.1. The van der Waals surface area contributed by atoms with Crippen LogP contribution in [0.5, 0.6) is 0 Å². The predicted molar refractivity (Wildman–Crippen MR) is 95.7 cm³/mol. The molecule has 0 aliphatic heterocycles. The van der Waals surface area contributed by atoms with E-state index in [4.69, 9.17) is 0 Å². The maximum atomic E-state index is 12.0. The Morgan fingerprint density at radius 1 is 1.05 bits per heavy atom. The minimum Gasteiger partial charge on any atom is -0.313 e. The standard InChI is InChI=1S/C16H18IN3O/c1-11(18-2)12-4-3-5-15(10-12)20-16(21)19-14-8-6-13(17)7-9-14/h3-11,18H,1-2H3,(H2,19,20,21).